The van der Waals surface area contributed by atoms with E-state index in [1.807, 2.05) is 42.5 Å². The second kappa shape index (κ2) is 20.2. The molecule has 15 atom stereocenters. The molecular formula is C73H84N4O15. The van der Waals surface area contributed by atoms with Gasteiger partial charge in [0.1, 0.15) is 28.8 Å². The highest BCUT2D eigenvalue weighted by Gasteiger charge is 2.76. The number of ketones is 3. The van der Waals surface area contributed by atoms with Gasteiger partial charge in [0.2, 0.25) is 0 Å². The number of aliphatic hydroxyl groups is 7. The van der Waals surface area contributed by atoms with Crippen LogP contribution in [0.3, 0.4) is 0 Å². The van der Waals surface area contributed by atoms with Gasteiger partial charge in [-0.25, -0.2) is 0 Å². The van der Waals surface area contributed by atoms with E-state index < -0.39 is 51.4 Å². The number of carbonyl (C=O) groups is 3. The summed E-state index contributed by atoms with van der Waals surface area (Å²) in [5.41, 5.74) is 8.93. The molecule has 8 heterocycles. The van der Waals surface area contributed by atoms with Crippen LogP contribution < -0.4 is 18.9 Å². The van der Waals surface area contributed by atoms with Gasteiger partial charge in [0, 0.05) is 87.9 Å². The Bertz CT molecular complexity index is 3670. The van der Waals surface area contributed by atoms with E-state index in [0.717, 1.165) is 145 Å². The highest BCUT2D eigenvalue weighted by Crippen LogP contribution is 2.68. The maximum atomic E-state index is 12.6. The van der Waals surface area contributed by atoms with Crippen molar-refractivity contribution in [3.05, 3.63) is 139 Å². The molecule has 4 aromatic rings. The minimum Gasteiger partial charge on any atom is -0.497 e. The predicted molar refractivity (Wildman–Crippen MR) is 334 cm³/mol. The summed E-state index contributed by atoms with van der Waals surface area (Å²) >= 11 is 0. The average molecular weight is 1260 g/mol. The summed E-state index contributed by atoms with van der Waals surface area (Å²) < 4.78 is 30.5. The van der Waals surface area contributed by atoms with E-state index in [0.29, 0.717) is 61.8 Å². The molecule has 20 rings (SSSR count). The standard InChI is InChI=1S/C19H21NO3.3C18H21NO4/c1-20-8-7-19-13-5-6-15(22-2)18(19)23-17-12(10-21)4-3-11(16(17)19)9-14(13)20;3*1-19-7-6-17-14-10-2-3-11(9-20)15(14)23-16(17)12(21)4-5-18(17,22)13(19)8-10/h3-6,14,18,21H,7-10H2,1-2H3;3*2-3,13,16,20,22H,4-9H2,1H3/t14-,18?,19+;3*13-,16?,17+,18?/m1111/s1. The number of methoxy groups -OCH3 is 1. The summed E-state index contributed by atoms with van der Waals surface area (Å²) in [5, 5.41) is 73.9. The largest absolute Gasteiger partial charge is 0.497 e. The van der Waals surface area contributed by atoms with E-state index in [9.17, 15) is 50.1 Å². The average Bonchev–Trinajstić information content (AvgIpc) is 1.43. The summed E-state index contributed by atoms with van der Waals surface area (Å²) in [5.74, 6) is 4.03. The van der Waals surface area contributed by atoms with Crippen LogP contribution in [0.1, 0.15) is 131 Å². The number of likely N-dealkylation sites (N-methyl/N-ethyl adjacent to an activating group) is 4. The minimum atomic E-state index is -0.926. The van der Waals surface area contributed by atoms with Gasteiger partial charge in [-0.1, -0.05) is 54.6 Å². The summed E-state index contributed by atoms with van der Waals surface area (Å²) in [6, 6.07) is 16.5. The Hall–Kier alpha value is -6.07. The number of rotatable bonds is 5. The van der Waals surface area contributed by atoms with E-state index in [-0.39, 0.29) is 73.4 Å². The van der Waals surface area contributed by atoms with Crippen LogP contribution in [0.2, 0.25) is 0 Å². The Morgan fingerprint density at radius 3 is 1.13 bits per heavy atom. The maximum absolute atomic E-state index is 12.6. The van der Waals surface area contributed by atoms with Crippen LogP contribution in [0.4, 0.5) is 0 Å². The number of nitrogens with zero attached hydrogens (tertiary/aromatic N) is 4. The topological polar surface area (TPSA) is 252 Å². The molecule has 8 aliphatic heterocycles. The van der Waals surface area contributed by atoms with E-state index in [2.05, 4.69) is 66.0 Å². The van der Waals surface area contributed by atoms with Crippen molar-refractivity contribution < 1.29 is 73.8 Å². The summed E-state index contributed by atoms with van der Waals surface area (Å²) in [7, 11) is 10.1. The SMILES string of the molecule is CN1CC[C@]23c4c5ccc(CO)c4OC2C(=O)CCC3(O)[C@H]1C5.CN1CC[C@]23c4c5ccc(CO)c4OC2C(=O)CCC3(O)[C@H]1C5.CN1CC[C@]23c4c5ccc(CO)c4OC2C(=O)CCC3(O)[C@H]1C5.COC1=CC=C2[C@H]3Cc4ccc(CO)c5c4[C@@]2(CCN3C)C1O5. The molecule has 19 heteroatoms. The first-order valence-corrected chi connectivity index (χ1v) is 33.5. The van der Waals surface area contributed by atoms with Gasteiger partial charge in [0.25, 0.3) is 0 Å². The van der Waals surface area contributed by atoms with E-state index in [1.54, 1.807) is 7.11 Å². The van der Waals surface area contributed by atoms with Crippen molar-refractivity contribution in [2.24, 2.45) is 0 Å². The van der Waals surface area contributed by atoms with Crippen molar-refractivity contribution in [2.45, 2.75) is 203 Å². The number of hydrogen-bond donors (Lipinski definition) is 7. The van der Waals surface area contributed by atoms with Gasteiger partial charge in [-0.3, -0.25) is 19.3 Å². The van der Waals surface area contributed by atoms with Gasteiger partial charge in [0.15, 0.2) is 41.8 Å². The Morgan fingerprint density at radius 2 is 0.772 bits per heavy atom. The van der Waals surface area contributed by atoms with Gasteiger partial charge in [-0.05, 0) is 159 Å². The second-order valence-corrected chi connectivity index (χ2v) is 29.7. The Labute approximate surface area is 535 Å². The molecule has 19 nitrogen and oxygen atoms in total. The van der Waals surface area contributed by atoms with Crippen molar-refractivity contribution in [2.75, 3.05) is 61.5 Å². The first-order chi connectivity index (χ1) is 44.3. The summed E-state index contributed by atoms with van der Waals surface area (Å²) in [6.45, 7) is 3.29. The highest BCUT2D eigenvalue weighted by molar-refractivity contribution is 5.92. The van der Waals surface area contributed by atoms with E-state index in [1.165, 1.54) is 16.7 Å². The molecule has 16 aliphatic rings. The molecule has 7 fully saturated rings. The minimum absolute atomic E-state index is 0.0137. The van der Waals surface area contributed by atoms with Crippen molar-refractivity contribution in [3.63, 3.8) is 0 Å². The molecule has 8 aliphatic carbocycles. The van der Waals surface area contributed by atoms with Crippen molar-refractivity contribution in [1.29, 1.82) is 0 Å². The molecule has 0 radical (unpaired) electrons. The first-order valence-electron chi connectivity index (χ1n) is 33.5. The number of allylic oxidation sites excluding steroid dienone is 2. The molecular weight excluding hydrogens is 1170 g/mol. The van der Waals surface area contributed by atoms with Crippen molar-refractivity contribution in [1.82, 2.24) is 19.6 Å². The van der Waals surface area contributed by atoms with Crippen LogP contribution in [0, 0.1) is 0 Å². The lowest BCUT2D eigenvalue weighted by molar-refractivity contribution is -0.185. The third kappa shape index (κ3) is 7.06. The zero-order valence-corrected chi connectivity index (χ0v) is 53.1. The van der Waals surface area contributed by atoms with Crippen LogP contribution in [0.15, 0.2) is 72.0 Å². The van der Waals surface area contributed by atoms with Crippen LogP contribution in [0.25, 0.3) is 0 Å². The summed E-state index contributed by atoms with van der Waals surface area (Å²) in [6.07, 6.45) is 11.6. The molecule has 486 valence electrons. The van der Waals surface area contributed by atoms with Crippen molar-refractivity contribution >= 4 is 17.3 Å². The smallest absolute Gasteiger partial charge is 0.174 e. The molecule has 8 bridgehead atoms. The Balaban J connectivity index is 0.0000000939. The zero-order valence-electron chi connectivity index (χ0n) is 53.1. The first kappa shape index (κ1) is 59.7. The fraction of sp³-hybridized carbons (Fsp3) is 0.575. The summed E-state index contributed by atoms with van der Waals surface area (Å²) in [4.78, 5) is 47.1. The van der Waals surface area contributed by atoms with Gasteiger partial charge < -0.3 is 74.1 Å². The Morgan fingerprint density at radius 1 is 0.435 bits per heavy atom. The number of ether oxygens (including phenoxy) is 5. The molecule has 4 spiro atoms. The quantitative estimate of drug-likeness (QED) is 0.151. The number of likely N-dealkylation sites (tertiary alicyclic amines) is 4. The van der Waals surface area contributed by atoms with E-state index >= 15 is 0 Å². The van der Waals surface area contributed by atoms with Crippen LogP contribution in [0.5, 0.6) is 23.0 Å². The lowest BCUT2D eigenvalue weighted by atomic mass is 9.49. The van der Waals surface area contributed by atoms with Gasteiger partial charge in [-0.15, -0.1) is 0 Å². The normalized spacial score (nSPS) is 38.9. The second-order valence-electron chi connectivity index (χ2n) is 29.7. The maximum Gasteiger partial charge on any atom is 0.174 e. The predicted octanol–water partition coefficient (Wildman–Crippen LogP) is 3.50. The molecule has 4 saturated heterocycles. The number of aliphatic hydroxyl groups excluding tert-OH is 4. The fourth-order valence-corrected chi connectivity index (χ4v) is 22.3. The Kier molecular flexibility index (Phi) is 13.1. The molecule has 0 amide bonds. The highest BCUT2D eigenvalue weighted by atomic mass is 16.5. The van der Waals surface area contributed by atoms with E-state index in [4.69, 9.17) is 23.7 Å². The third-order valence-corrected chi connectivity index (χ3v) is 26.6. The molecule has 4 aromatic carbocycles. The van der Waals surface area contributed by atoms with Gasteiger partial charge >= 0.3 is 0 Å². The van der Waals surface area contributed by atoms with Gasteiger partial charge in [0.05, 0.1) is 72.0 Å². The lowest BCUT2D eigenvalue weighted by Gasteiger charge is -2.62. The number of hydrogen-bond acceptors (Lipinski definition) is 19. The van der Waals surface area contributed by atoms with Crippen LogP contribution in [-0.4, -0.2) is 200 Å². The van der Waals surface area contributed by atoms with Gasteiger partial charge in [-0.2, -0.15) is 0 Å². The van der Waals surface area contributed by atoms with Crippen LogP contribution >= 0.6 is 0 Å². The number of Topliss-reactive ketones (excluding diaryl/α,β-unsaturated/α-hetero) is 3. The number of carbonyl (C=O) groups excluding carboxylic acids is 3. The number of benzene rings is 4. The monoisotopic (exact) mass is 1260 g/mol. The molecule has 3 saturated carbocycles. The fourth-order valence-electron chi connectivity index (χ4n) is 22.3. The zero-order chi connectivity index (χ0) is 63.7. The molecule has 92 heavy (non-hydrogen) atoms. The number of piperidine rings is 4. The molecule has 7 N–H and O–H groups in total. The molecule has 0 aromatic heterocycles. The third-order valence-electron chi connectivity index (χ3n) is 26.6. The van der Waals surface area contributed by atoms with Crippen LogP contribution in [-0.2, 0) is 92.9 Å². The lowest BCUT2D eigenvalue weighted by Crippen LogP contribution is -2.76. The molecule has 7 unspecified atom stereocenters. The van der Waals surface area contributed by atoms with Crippen molar-refractivity contribution in [3.8, 4) is 23.0 Å².